The summed E-state index contributed by atoms with van der Waals surface area (Å²) in [6, 6.07) is 19.3. The molecule has 2 aromatic rings. The Morgan fingerprint density at radius 1 is 0.933 bits per heavy atom. The van der Waals surface area contributed by atoms with Crippen LogP contribution in [0, 0.1) is 0 Å². The van der Waals surface area contributed by atoms with Crippen molar-refractivity contribution in [3.63, 3.8) is 0 Å². The Labute approximate surface area is 183 Å². The van der Waals surface area contributed by atoms with Gasteiger partial charge >= 0.3 is 0 Å². The van der Waals surface area contributed by atoms with Gasteiger partial charge in [0.05, 0.1) is 18.8 Å². The molecule has 1 fully saturated rings. The largest absolute Gasteiger partial charge is 0.384 e. The molecule has 0 unspecified atom stereocenters. The van der Waals surface area contributed by atoms with Crippen LogP contribution >= 0.6 is 0 Å². The minimum absolute atomic E-state index is 0.0332. The van der Waals surface area contributed by atoms with Gasteiger partial charge in [-0.15, -0.1) is 0 Å². The molecule has 0 amide bonds. The summed E-state index contributed by atoms with van der Waals surface area (Å²) in [5.74, 6) is 0.0332. The van der Waals surface area contributed by atoms with Crippen molar-refractivity contribution >= 4 is 0 Å². The van der Waals surface area contributed by atoms with Gasteiger partial charge in [0.25, 0.3) is 0 Å². The van der Waals surface area contributed by atoms with Crippen molar-refractivity contribution in [2.75, 3.05) is 32.8 Å². The molecule has 1 N–H and O–H groups in total. The zero-order valence-corrected chi connectivity index (χ0v) is 18.9. The van der Waals surface area contributed by atoms with E-state index < -0.39 is 5.60 Å². The Morgan fingerprint density at radius 3 is 2.27 bits per heavy atom. The second kappa shape index (κ2) is 11.6. The van der Waals surface area contributed by atoms with Gasteiger partial charge in [-0.05, 0) is 29.5 Å². The van der Waals surface area contributed by atoms with Crippen molar-refractivity contribution in [3.8, 4) is 0 Å². The second-order valence-corrected chi connectivity index (χ2v) is 8.66. The van der Waals surface area contributed by atoms with E-state index in [1.807, 2.05) is 0 Å². The molecule has 0 spiro atoms. The van der Waals surface area contributed by atoms with Crippen molar-refractivity contribution in [1.29, 1.82) is 0 Å². The number of ether oxygens (including phenoxy) is 1. The molecular weight excluding hydrogens is 370 g/mol. The van der Waals surface area contributed by atoms with Crippen molar-refractivity contribution in [2.24, 2.45) is 0 Å². The SMILES string of the molecule is CCCCCC[C@](O)(c1ccc(CC)cc1)[C@@H](CN1CCOCC1)c1ccccc1. The van der Waals surface area contributed by atoms with Gasteiger partial charge in [-0.25, -0.2) is 0 Å². The number of nitrogens with zero attached hydrogens (tertiary/aromatic N) is 1. The van der Waals surface area contributed by atoms with Gasteiger partial charge in [0, 0.05) is 25.6 Å². The van der Waals surface area contributed by atoms with Gasteiger partial charge in [0.2, 0.25) is 0 Å². The van der Waals surface area contributed by atoms with Crippen LogP contribution in [-0.4, -0.2) is 42.9 Å². The molecule has 0 bridgehead atoms. The van der Waals surface area contributed by atoms with Gasteiger partial charge in [-0.1, -0.05) is 94.1 Å². The van der Waals surface area contributed by atoms with Crippen molar-refractivity contribution in [1.82, 2.24) is 4.90 Å². The first-order chi connectivity index (χ1) is 14.7. The van der Waals surface area contributed by atoms with Crippen molar-refractivity contribution < 1.29 is 9.84 Å². The smallest absolute Gasteiger partial charge is 0.0977 e. The summed E-state index contributed by atoms with van der Waals surface area (Å²) >= 11 is 0. The molecule has 2 atom stereocenters. The maximum Gasteiger partial charge on any atom is 0.0977 e. The number of rotatable bonds is 11. The predicted octanol–water partition coefficient (Wildman–Crippen LogP) is 5.52. The summed E-state index contributed by atoms with van der Waals surface area (Å²) < 4.78 is 5.57. The Hall–Kier alpha value is -1.68. The first-order valence-corrected chi connectivity index (χ1v) is 11.8. The molecule has 30 heavy (non-hydrogen) atoms. The molecule has 3 heteroatoms. The lowest BCUT2D eigenvalue weighted by atomic mass is 9.73. The van der Waals surface area contributed by atoms with Crippen LogP contribution < -0.4 is 0 Å². The number of benzene rings is 2. The van der Waals surface area contributed by atoms with E-state index in [9.17, 15) is 5.11 Å². The normalized spacial score (nSPS) is 18.1. The van der Waals surface area contributed by atoms with Gasteiger partial charge in [0.15, 0.2) is 0 Å². The number of morpholine rings is 1. The summed E-state index contributed by atoms with van der Waals surface area (Å²) in [4.78, 5) is 2.46. The second-order valence-electron chi connectivity index (χ2n) is 8.66. The zero-order valence-electron chi connectivity index (χ0n) is 18.9. The highest BCUT2D eigenvalue weighted by molar-refractivity contribution is 5.33. The van der Waals surface area contributed by atoms with Crippen LogP contribution in [0.5, 0.6) is 0 Å². The van der Waals surface area contributed by atoms with Gasteiger partial charge in [0.1, 0.15) is 0 Å². The summed E-state index contributed by atoms with van der Waals surface area (Å²) in [7, 11) is 0. The highest BCUT2D eigenvalue weighted by Crippen LogP contribution is 2.42. The van der Waals surface area contributed by atoms with Crippen LogP contribution in [0.15, 0.2) is 54.6 Å². The van der Waals surface area contributed by atoms with Crippen LogP contribution in [0.4, 0.5) is 0 Å². The summed E-state index contributed by atoms with van der Waals surface area (Å²) in [6.07, 6.45) is 6.47. The minimum Gasteiger partial charge on any atom is -0.384 e. The van der Waals surface area contributed by atoms with E-state index >= 15 is 0 Å². The topological polar surface area (TPSA) is 32.7 Å². The van der Waals surface area contributed by atoms with Crippen molar-refractivity contribution in [3.05, 3.63) is 71.3 Å². The first kappa shape index (κ1) is 23.0. The van der Waals surface area contributed by atoms with E-state index in [4.69, 9.17) is 4.74 Å². The van der Waals surface area contributed by atoms with E-state index in [0.717, 1.165) is 57.7 Å². The van der Waals surface area contributed by atoms with Crippen molar-refractivity contribution in [2.45, 2.75) is 63.9 Å². The molecule has 1 heterocycles. The fourth-order valence-corrected chi connectivity index (χ4v) is 4.63. The fraction of sp³-hybridized carbons (Fsp3) is 0.556. The van der Waals surface area contributed by atoms with E-state index in [1.165, 1.54) is 30.4 Å². The minimum atomic E-state index is -0.875. The van der Waals surface area contributed by atoms with Crippen LogP contribution in [0.3, 0.4) is 0 Å². The Morgan fingerprint density at radius 2 is 1.63 bits per heavy atom. The van der Waals surface area contributed by atoms with Crippen LogP contribution in [0.1, 0.15) is 68.6 Å². The summed E-state index contributed by atoms with van der Waals surface area (Å²) in [5, 5.41) is 12.3. The van der Waals surface area contributed by atoms with E-state index in [1.54, 1.807) is 0 Å². The molecule has 0 aliphatic carbocycles. The maximum absolute atomic E-state index is 12.3. The zero-order chi connectivity index (χ0) is 21.2. The lowest BCUT2D eigenvalue weighted by Crippen LogP contribution is -2.45. The molecule has 1 aliphatic rings. The Bertz CT molecular complexity index is 724. The van der Waals surface area contributed by atoms with Gasteiger partial charge in [-0.3, -0.25) is 4.90 Å². The third-order valence-electron chi connectivity index (χ3n) is 6.60. The Balaban J connectivity index is 1.95. The predicted molar refractivity (Wildman–Crippen MR) is 125 cm³/mol. The lowest BCUT2D eigenvalue weighted by molar-refractivity contribution is -0.0296. The Kier molecular flexibility index (Phi) is 8.92. The highest BCUT2D eigenvalue weighted by atomic mass is 16.5. The molecule has 0 aromatic heterocycles. The first-order valence-electron chi connectivity index (χ1n) is 11.8. The summed E-state index contributed by atoms with van der Waals surface area (Å²) in [6.45, 7) is 8.70. The quantitative estimate of drug-likeness (QED) is 0.496. The molecule has 1 saturated heterocycles. The third kappa shape index (κ3) is 5.94. The highest BCUT2D eigenvalue weighted by Gasteiger charge is 2.40. The standard InChI is InChI=1S/C27H39NO2/c1-3-5-6-10-17-27(29,25-15-13-23(4-2)14-16-25)26(24-11-8-7-9-12-24)22-28-18-20-30-21-19-28/h7-9,11-16,26,29H,3-6,10,17-22H2,1-2H3/t26-,27-/m0/s1. The van der Waals surface area contributed by atoms with E-state index in [0.29, 0.717) is 0 Å². The molecule has 1 aliphatic heterocycles. The van der Waals surface area contributed by atoms with E-state index in [2.05, 4.69) is 73.3 Å². The number of unbranched alkanes of at least 4 members (excludes halogenated alkanes) is 3. The lowest BCUT2D eigenvalue weighted by Gasteiger charge is -2.41. The van der Waals surface area contributed by atoms with Crippen LogP contribution in [0.2, 0.25) is 0 Å². The number of hydrogen-bond donors (Lipinski definition) is 1. The molecule has 2 aromatic carbocycles. The van der Waals surface area contributed by atoms with Crippen LogP contribution in [-0.2, 0) is 16.8 Å². The number of hydrogen-bond acceptors (Lipinski definition) is 3. The van der Waals surface area contributed by atoms with E-state index in [-0.39, 0.29) is 5.92 Å². The molecule has 0 saturated carbocycles. The molecule has 3 nitrogen and oxygen atoms in total. The molecular formula is C27H39NO2. The third-order valence-corrected chi connectivity index (χ3v) is 6.60. The number of aliphatic hydroxyl groups is 1. The average molecular weight is 410 g/mol. The van der Waals surface area contributed by atoms with Gasteiger partial charge in [-0.2, -0.15) is 0 Å². The maximum atomic E-state index is 12.3. The average Bonchev–Trinajstić information content (AvgIpc) is 2.81. The molecule has 3 rings (SSSR count). The fourth-order valence-electron chi connectivity index (χ4n) is 4.63. The molecule has 164 valence electrons. The number of aryl methyl sites for hydroxylation is 1. The summed E-state index contributed by atoms with van der Waals surface area (Å²) in [5.41, 5.74) is 2.72. The van der Waals surface area contributed by atoms with Crippen LogP contribution in [0.25, 0.3) is 0 Å². The van der Waals surface area contributed by atoms with Gasteiger partial charge < -0.3 is 9.84 Å². The monoisotopic (exact) mass is 409 g/mol. The molecule has 0 radical (unpaired) electrons.